The van der Waals surface area contributed by atoms with Gasteiger partial charge in [-0.1, -0.05) is 0 Å². The predicted molar refractivity (Wildman–Crippen MR) is 71.4 cm³/mol. The van der Waals surface area contributed by atoms with Gasteiger partial charge in [0.15, 0.2) is 0 Å². The largest absolute Gasteiger partial charge is 0.477 e. The molecule has 2 rings (SSSR count). The lowest BCUT2D eigenvalue weighted by Gasteiger charge is -2.41. The van der Waals surface area contributed by atoms with Crippen LogP contribution in [0.15, 0.2) is 10.6 Å². The molecule has 0 spiro atoms. The van der Waals surface area contributed by atoms with E-state index in [9.17, 15) is 19.5 Å². The van der Waals surface area contributed by atoms with Gasteiger partial charge in [-0.2, -0.15) is 0 Å². The fourth-order valence-electron chi connectivity index (χ4n) is 2.31. The van der Waals surface area contributed by atoms with Crippen LogP contribution in [0.3, 0.4) is 0 Å². The SMILES string of the molecule is CC(=O)NCCCC1=C(C(=O)O)N2C(=O)C(CO)[C@@H]2S1. The van der Waals surface area contributed by atoms with Crippen molar-refractivity contribution in [1.29, 1.82) is 0 Å². The number of carboxylic acids is 1. The third-order valence-electron chi connectivity index (χ3n) is 3.28. The van der Waals surface area contributed by atoms with Crippen LogP contribution in [0.25, 0.3) is 0 Å². The van der Waals surface area contributed by atoms with Crippen molar-refractivity contribution in [1.82, 2.24) is 10.2 Å². The van der Waals surface area contributed by atoms with Crippen molar-refractivity contribution in [3.05, 3.63) is 10.6 Å². The summed E-state index contributed by atoms with van der Waals surface area (Å²) < 4.78 is 0. The number of aliphatic hydroxyl groups is 1. The molecule has 2 aliphatic heterocycles. The number of fused-ring (bicyclic) bond motifs is 1. The van der Waals surface area contributed by atoms with Gasteiger partial charge in [0.2, 0.25) is 11.8 Å². The van der Waals surface area contributed by atoms with Crippen LogP contribution >= 0.6 is 11.8 Å². The highest BCUT2D eigenvalue weighted by molar-refractivity contribution is 8.04. The van der Waals surface area contributed by atoms with Crippen molar-refractivity contribution < 1.29 is 24.6 Å². The van der Waals surface area contributed by atoms with Gasteiger partial charge in [-0.15, -0.1) is 11.8 Å². The Hall–Kier alpha value is -1.54. The molecule has 0 radical (unpaired) electrons. The number of carbonyl (C=O) groups is 3. The van der Waals surface area contributed by atoms with Crippen LogP contribution in [0.2, 0.25) is 0 Å². The molecule has 2 aliphatic rings. The second-order valence-electron chi connectivity index (χ2n) is 4.67. The molecule has 0 bridgehead atoms. The average Bonchev–Trinajstić information content (AvgIpc) is 2.70. The summed E-state index contributed by atoms with van der Waals surface area (Å²) in [5.74, 6) is -2.10. The van der Waals surface area contributed by atoms with E-state index in [0.29, 0.717) is 24.3 Å². The van der Waals surface area contributed by atoms with Crippen molar-refractivity contribution in [2.24, 2.45) is 5.92 Å². The molecule has 1 saturated heterocycles. The summed E-state index contributed by atoms with van der Waals surface area (Å²) in [6, 6.07) is 0. The predicted octanol–water partition coefficient (Wildman–Crippen LogP) is -0.277. The lowest BCUT2D eigenvalue weighted by Crippen LogP contribution is -2.58. The molecule has 2 atom stereocenters. The molecule has 0 saturated carbocycles. The van der Waals surface area contributed by atoms with Crippen LogP contribution < -0.4 is 5.32 Å². The van der Waals surface area contributed by atoms with E-state index in [1.54, 1.807) is 0 Å². The first kappa shape index (κ1) is 14.9. The minimum atomic E-state index is -1.13. The molecule has 2 amide bonds. The molecule has 8 heteroatoms. The number of aliphatic carboxylic acids is 1. The van der Waals surface area contributed by atoms with Crippen molar-refractivity contribution in [3.63, 3.8) is 0 Å². The Labute approximate surface area is 120 Å². The zero-order valence-corrected chi connectivity index (χ0v) is 11.8. The minimum Gasteiger partial charge on any atom is -0.477 e. The van der Waals surface area contributed by atoms with Gasteiger partial charge in [0.25, 0.3) is 0 Å². The second kappa shape index (κ2) is 5.84. The van der Waals surface area contributed by atoms with Crippen LogP contribution in [0.1, 0.15) is 19.8 Å². The van der Waals surface area contributed by atoms with E-state index in [2.05, 4.69) is 5.32 Å². The van der Waals surface area contributed by atoms with E-state index < -0.39 is 11.9 Å². The molecule has 110 valence electrons. The Morgan fingerprint density at radius 3 is 2.70 bits per heavy atom. The van der Waals surface area contributed by atoms with Crippen LogP contribution in [-0.2, 0) is 14.4 Å². The molecule has 0 aliphatic carbocycles. The van der Waals surface area contributed by atoms with E-state index in [1.807, 2.05) is 0 Å². The summed E-state index contributed by atoms with van der Waals surface area (Å²) >= 11 is 1.32. The Morgan fingerprint density at radius 2 is 2.15 bits per heavy atom. The number of amides is 2. The Balaban J connectivity index is 2.02. The van der Waals surface area contributed by atoms with E-state index in [4.69, 9.17) is 5.11 Å². The molecular weight excluding hydrogens is 284 g/mol. The van der Waals surface area contributed by atoms with Gasteiger partial charge in [0, 0.05) is 18.4 Å². The number of β-lactam (4-membered cyclic amide) rings is 1. The number of rotatable bonds is 6. The fourth-order valence-corrected chi connectivity index (χ4v) is 3.85. The molecule has 0 aromatic rings. The summed E-state index contributed by atoms with van der Waals surface area (Å²) in [7, 11) is 0. The number of hydrogen-bond donors (Lipinski definition) is 3. The number of hydrogen-bond acceptors (Lipinski definition) is 5. The molecule has 0 aromatic heterocycles. The van der Waals surface area contributed by atoms with Crippen LogP contribution in [-0.4, -0.2) is 51.4 Å². The summed E-state index contributed by atoms with van der Waals surface area (Å²) in [6.45, 7) is 1.62. The van der Waals surface area contributed by atoms with Crippen LogP contribution in [0, 0.1) is 5.92 Å². The van der Waals surface area contributed by atoms with Crippen molar-refractivity contribution in [2.75, 3.05) is 13.2 Å². The molecular formula is C12H16N2O5S. The first-order valence-corrected chi connectivity index (χ1v) is 7.16. The van der Waals surface area contributed by atoms with Gasteiger partial charge in [0.1, 0.15) is 11.1 Å². The smallest absolute Gasteiger partial charge is 0.353 e. The normalized spacial score (nSPS) is 24.5. The topological polar surface area (TPSA) is 107 Å². The number of carboxylic acid groups (broad SMARTS) is 1. The Bertz CT molecular complexity index is 490. The van der Waals surface area contributed by atoms with Crippen molar-refractivity contribution in [2.45, 2.75) is 25.1 Å². The Morgan fingerprint density at radius 1 is 1.45 bits per heavy atom. The van der Waals surface area contributed by atoms with Crippen molar-refractivity contribution in [3.8, 4) is 0 Å². The van der Waals surface area contributed by atoms with Crippen LogP contribution in [0.4, 0.5) is 0 Å². The highest BCUT2D eigenvalue weighted by Crippen LogP contribution is 2.50. The standard InChI is InChI=1S/C12H16N2O5S/c1-6(16)13-4-2-3-8-9(12(18)19)14-10(17)7(5-15)11(14)20-8/h7,11,15H,2-5H2,1H3,(H,13,16)(H,18,19)/t7?,11-/m0/s1. The number of nitrogens with zero attached hydrogens (tertiary/aromatic N) is 1. The zero-order chi connectivity index (χ0) is 14.9. The fraction of sp³-hybridized carbons (Fsp3) is 0.583. The average molecular weight is 300 g/mol. The van der Waals surface area contributed by atoms with Gasteiger partial charge in [0.05, 0.1) is 12.5 Å². The number of aliphatic hydroxyl groups excluding tert-OH is 1. The number of nitrogens with one attached hydrogen (secondary N) is 1. The van der Waals surface area contributed by atoms with Crippen molar-refractivity contribution >= 4 is 29.5 Å². The molecule has 20 heavy (non-hydrogen) atoms. The third kappa shape index (κ3) is 2.53. The van der Waals surface area contributed by atoms with Gasteiger partial charge in [-0.3, -0.25) is 14.5 Å². The first-order chi connectivity index (χ1) is 9.47. The zero-order valence-electron chi connectivity index (χ0n) is 11.0. The van der Waals surface area contributed by atoms with E-state index in [0.717, 1.165) is 0 Å². The molecule has 1 unspecified atom stereocenters. The number of allylic oxidation sites excluding steroid dienone is 1. The van der Waals surface area contributed by atoms with Gasteiger partial charge in [-0.05, 0) is 12.8 Å². The summed E-state index contributed by atoms with van der Waals surface area (Å²) in [5, 5.41) is 20.7. The monoisotopic (exact) mass is 300 g/mol. The maximum Gasteiger partial charge on any atom is 0.353 e. The molecule has 0 aromatic carbocycles. The number of thioether (sulfide) groups is 1. The van der Waals surface area contributed by atoms with Gasteiger partial charge >= 0.3 is 5.97 Å². The highest BCUT2D eigenvalue weighted by Gasteiger charge is 2.55. The van der Waals surface area contributed by atoms with E-state index in [1.165, 1.54) is 23.6 Å². The maximum atomic E-state index is 11.8. The summed E-state index contributed by atoms with van der Waals surface area (Å²) in [4.78, 5) is 35.7. The molecule has 2 heterocycles. The highest BCUT2D eigenvalue weighted by atomic mass is 32.2. The first-order valence-electron chi connectivity index (χ1n) is 6.28. The minimum absolute atomic E-state index is 0.0255. The number of carbonyl (C=O) groups excluding carboxylic acids is 2. The Kier molecular flexibility index (Phi) is 4.34. The lowest BCUT2D eigenvalue weighted by atomic mass is 9.98. The lowest BCUT2D eigenvalue weighted by molar-refractivity contribution is -0.153. The second-order valence-corrected chi connectivity index (χ2v) is 5.88. The van der Waals surface area contributed by atoms with Gasteiger partial charge < -0.3 is 15.5 Å². The molecule has 1 fully saturated rings. The molecule has 3 N–H and O–H groups in total. The molecule has 7 nitrogen and oxygen atoms in total. The van der Waals surface area contributed by atoms with Gasteiger partial charge in [-0.25, -0.2) is 4.79 Å². The summed E-state index contributed by atoms with van der Waals surface area (Å²) in [6.07, 6.45) is 1.10. The third-order valence-corrected chi connectivity index (χ3v) is 4.74. The van der Waals surface area contributed by atoms with E-state index >= 15 is 0 Å². The van der Waals surface area contributed by atoms with E-state index in [-0.39, 0.29) is 29.5 Å². The maximum absolute atomic E-state index is 11.8. The van der Waals surface area contributed by atoms with Crippen LogP contribution in [0.5, 0.6) is 0 Å². The quantitative estimate of drug-likeness (QED) is 0.460. The summed E-state index contributed by atoms with van der Waals surface area (Å²) in [5.41, 5.74) is 0.0255.